The fourth-order valence-electron chi connectivity index (χ4n) is 1.45. The Hall–Kier alpha value is -1.58. The lowest BCUT2D eigenvalue weighted by Crippen LogP contribution is -2.34. The largest absolute Gasteiger partial charge is 0.395 e. The smallest absolute Gasteiger partial charge is 0.243 e. The lowest BCUT2D eigenvalue weighted by molar-refractivity contribution is 0.543. The summed E-state index contributed by atoms with van der Waals surface area (Å²) in [6.07, 6.45) is 5.96. The van der Waals surface area contributed by atoms with Gasteiger partial charge in [-0.1, -0.05) is 13.0 Å². The highest BCUT2D eigenvalue weighted by Gasteiger charge is 2.22. The summed E-state index contributed by atoms with van der Waals surface area (Å²) in [6, 6.07) is 3.27. The molecule has 0 aliphatic rings. The molecule has 0 saturated carbocycles. The van der Waals surface area contributed by atoms with Gasteiger partial charge < -0.3 is 5.73 Å². The minimum Gasteiger partial charge on any atom is -0.395 e. The van der Waals surface area contributed by atoms with Crippen LogP contribution in [0.25, 0.3) is 0 Å². The van der Waals surface area contributed by atoms with Crippen molar-refractivity contribution in [2.24, 2.45) is 0 Å². The lowest BCUT2D eigenvalue weighted by Gasteiger charge is -2.15. The molecule has 1 rings (SSSR count). The maximum atomic E-state index is 13.2. The van der Waals surface area contributed by atoms with E-state index in [-0.39, 0.29) is 23.0 Å². The first-order valence-corrected chi connectivity index (χ1v) is 6.90. The summed E-state index contributed by atoms with van der Waals surface area (Å²) in [5.41, 5.74) is 5.04. The van der Waals surface area contributed by atoms with Gasteiger partial charge in [-0.2, -0.15) is 0 Å². The number of hydrogen-bond acceptors (Lipinski definition) is 3. The summed E-state index contributed by atoms with van der Waals surface area (Å²) in [7, 11) is -3.86. The SMILES string of the molecule is C#CCC(CC)NS(=O)(=O)c1cccc(F)c1N. The van der Waals surface area contributed by atoms with E-state index in [2.05, 4.69) is 10.6 Å². The van der Waals surface area contributed by atoms with Crippen molar-refractivity contribution >= 4 is 15.7 Å². The van der Waals surface area contributed by atoms with Crippen LogP contribution in [-0.4, -0.2) is 14.5 Å². The molecule has 1 atom stereocenters. The summed E-state index contributed by atoms with van der Waals surface area (Å²) in [4.78, 5) is -0.266. The summed E-state index contributed by atoms with van der Waals surface area (Å²) < 4.78 is 39.7. The van der Waals surface area contributed by atoms with Gasteiger partial charge in [0, 0.05) is 12.5 Å². The number of hydrogen-bond donors (Lipinski definition) is 2. The number of terminal acetylenes is 1. The molecule has 0 saturated heterocycles. The second-order valence-corrected chi connectivity index (χ2v) is 5.47. The molecule has 0 heterocycles. The van der Waals surface area contributed by atoms with Gasteiger partial charge in [0.2, 0.25) is 10.0 Å². The van der Waals surface area contributed by atoms with Crippen LogP contribution in [-0.2, 0) is 10.0 Å². The van der Waals surface area contributed by atoms with Gasteiger partial charge in [0.25, 0.3) is 0 Å². The molecule has 0 fully saturated rings. The van der Waals surface area contributed by atoms with Crippen LogP contribution >= 0.6 is 0 Å². The number of rotatable bonds is 5. The Kier molecular flexibility index (Phi) is 4.70. The standard InChI is InChI=1S/C12H15FN2O2S/c1-3-6-9(4-2)15-18(16,17)11-8-5-7-10(13)12(11)14/h1,5,7-9,15H,4,6,14H2,2H3. The van der Waals surface area contributed by atoms with Gasteiger partial charge in [-0.15, -0.1) is 12.3 Å². The van der Waals surface area contributed by atoms with Gasteiger partial charge in [-0.3, -0.25) is 0 Å². The Morgan fingerprint density at radius 2 is 2.22 bits per heavy atom. The van der Waals surface area contributed by atoms with Gasteiger partial charge in [0.05, 0.1) is 5.69 Å². The molecule has 0 spiro atoms. The molecule has 0 aliphatic carbocycles. The van der Waals surface area contributed by atoms with Gasteiger partial charge in [-0.25, -0.2) is 17.5 Å². The van der Waals surface area contributed by atoms with Gasteiger partial charge in [-0.05, 0) is 18.6 Å². The molecule has 1 unspecified atom stereocenters. The van der Waals surface area contributed by atoms with E-state index in [1.807, 2.05) is 0 Å². The molecule has 98 valence electrons. The Morgan fingerprint density at radius 3 is 2.78 bits per heavy atom. The molecule has 0 amide bonds. The fraction of sp³-hybridized carbons (Fsp3) is 0.333. The van der Waals surface area contributed by atoms with Crippen molar-refractivity contribution < 1.29 is 12.8 Å². The molecule has 0 aliphatic heterocycles. The first-order chi connectivity index (χ1) is 8.42. The summed E-state index contributed by atoms with van der Waals surface area (Å²) in [5, 5.41) is 0. The number of para-hydroxylation sites is 1. The van der Waals surface area contributed by atoms with Crippen LogP contribution < -0.4 is 10.5 Å². The summed E-state index contributed by atoms with van der Waals surface area (Å²) in [5.74, 6) is 1.63. The molecule has 1 aromatic rings. The minimum atomic E-state index is -3.86. The molecule has 0 radical (unpaired) electrons. The van der Waals surface area contributed by atoms with Crippen molar-refractivity contribution in [1.82, 2.24) is 4.72 Å². The third kappa shape index (κ3) is 3.22. The molecule has 4 nitrogen and oxygen atoms in total. The Bertz CT molecular complexity index is 564. The first kappa shape index (κ1) is 14.5. The zero-order chi connectivity index (χ0) is 13.8. The highest BCUT2D eigenvalue weighted by Crippen LogP contribution is 2.21. The van der Waals surface area contributed by atoms with Crippen molar-refractivity contribution in [2.75, 3.05) is 5.73 Å². The number of nitrogens with one attached hydrogen (secondary N) is 1. The molecule has 18 heavy (non-hydrogen) atoms. The van der Waals surface area contributed by atoms with Crippen LogP contribution in [0.4, 0.5) is 10.1 Å². The number of halogens is 1. The normalized spacial score (nSPS) is 12.9. The molecular weight excluding hydrogens is 255 g/mol. The third-order valence-electron chi connectivity index (χ3n) is 2.48. The van der Waals surface area contributed by atoms with E-state index in [9.17, 15) is 12.8 Å². The van der Waals surface area contributed by atoms with Gasteiger partial charge in [0.15, 0.2) is 0 Å². The minimum absolute atomic E-state index is 0.266. The van der Waals surface area contributed by atoms with E-state index in [0.29, 0.717) is 6.42 Å². The second-order valence-electron chi connectivity index (χ2n) is 3.79. The zero-order valence-corrected chi connectivity index (χ0v) is 10.8. The Morgan fingerprint density at radius 1 is 1.56 bits per heavy atom. The topological polar surface area (TPSA) is 72.2 Å². The van der Waals surface area contributed by atoms with Crippen LogP contribution in [0, 0.1) is 18.2 Å². The van der Waals surface area contributed by atoms with Crippen molar-refractivity contribution in [1.29, 1.82) is 0 Å². The second kappa shape index (κ2) is 5.85. The predicted molar refractivity (Wildman–Crippen MR) is 68.7 cm³/mol. The Balaban J connectivity index is 3.07. The predicted octanol–water partition coefficient (Wildman–Crippen LogP) is 1.49. The first-order valence-electron chi connectivity index (χ1n) is 5.42. The third-order valence-corrected chi connectivity index (χ3v) is 4.06. The summed E-state index contributed by atoms with van der Waals surface area (Å²) >= 11 is 0. The zero-order valence-electron chi connectivity index (χ0n) is 9.98. The van der Waals surface area contributed by atoms with Crippen molar-refractivity contribution in [3.8, 4) is 12.3 Å². The molecule has 3 N–H and O–H groups in total. The monoisotopic (exact) mass is 270 g/mol. The van der Waals surface area contributed by atoms with Crippen LogP contribution in [0.2, 0.25) is 0 Å². The van der Waals surface area contributed by atoms with Crippen LogP contribution in [0.15, 0.2) is 23.1 Å². The highest BCUT2D eigenvalue weighted by atomic mass is 32.2. The van der Waals surface area contributed by atoms with Crippen molar-refractivity contribution in [3.63, 3.8) is 0 Å². The maximum Gasteiger partial charge on any atom is 0.243 e. The van der Waals surface area contributed by atoms with E-state index in [1.165, 1.54) is 12.1 Å². The van der Waals surface area contributed by atoms with Gasteiger partial charge >= 0.3 is 0 Å². The van der Waals surface area contributed by atoms with E-state index >= 15 is 0 Å². The van der Waals surface area contributed by atoms with Crippen molar-refractivity contribution in [2.45, 2.75) is 30.7 Å². The number of sulfonamides is 1. The average Bonchev–Trinajstić information content (AvgIpc) is 2.31. The van der Waals surface area contributed by atoms with E-state index < -0.39 is 15.8 Å². The maximum absolute atomic E-state index is 13.2. The number of nitrogens with two attached hydrogens (primary N) is 1. The Labute approximate surface area is 106 Å². The van der Waals surface area contributed by atoms with Crippen LogP contribution in [0.5, 0.6) is 0 Å². The lowest BCUT2D eigenvalue weighted by atomic mass is 10.2. The molecular formula is C12H15FN2O2S. The molecule has 0 bridgehead atoms. The fourth-order valence-corrected chi connectivity index (χ4v) is 2.91. The number of benzene rings is 1. The van der Waals surface area contributed by atoms with Crippen molar-refractivity contribution in [3.05, 3.63) is 24.0 Å². The van der Waals surface area contributed by atoms with Gasteiger partial charge in [0.1, 0.15) is 10.7 Å². The number of anilines is 1. The molecule has 1 aromatic carbocycles. The van der Waals surface area contributed by atoms with E-state index in [4.69, 9.17) is 12.2 Å². The highest BCUT2D eigenvalue weighted by molar-refractivity contribution is 7.89. The summed E-state index contributed by atoms with van der Waals surface area (Å²) in [6.45, 7) is 1.81. The molecule has 6 heteroatoms. The molecule has 0 aromatic heterocycles. The number of nitrogen functional groups attached to an aromatic ring is 1. The quantitative estimate of drug-likeness (QED) is 0.629. The van der Waals surface area contributed by atoms with Crippen LogP contribution in [0.1, 0.15) is 19.8 Å². The van der Waals surface area contributed by atoms with Crippen LogP contribution in [0.3, 0.4) is 0 Å². The van der Waals surface area contributed by atoms with E-state index in [0.717, 1.165) is 6.07 Å². The van der Waals surface area contributed by atoms with E-state index in [1.54, 1.807) is 6.92 Å². The average molecular weight is 270 g/mol.